The van der Waals surface area contributed by atoms with Crippen LogP contribution in [0, 0.1) is 6.92 Å². The SMILES string of the molecule is Cc1ccc2nc(NC(=O)c3ccc(S(OS(=O)(=O)C(F)(F)F)(c4ccccc4)c4ccccc4)cc3)sc2c1. The van der Waals surface area contributed by atoms with Crippen molar-refractivity contribution in [1.29, 1.82) is 0 Å². The molecular weight excluding hydrogens is 582 g/mol. The predicted molar refractivity (Wildman–Crippen MR) is 150 cm³/mol. The normalized spacial score (nSPS) is 12.8. The number of alkyl halides is 3. The molecule has 0 aliphatic heterocycles. The topological polar surface area (TPSA) is 85.4 Å². The van der Waals surface area contributed by atoms with Gasteiger partial charge >= 0.3 is 15.6 Å². The number of fused-ring (bicyclic) bond motifs is 1. The lowest BCUT2D eigenvalue weighted by Gasteiger charge is -2.39. The largest absolute Gasteiger partial charge is 0.524 e. The highest BCUT2D eigenvalue weighted by atomic mass is 32.3. The van der Waals surface area contributed by atoms with Crippen LogP contribution in [0.5, 0.6) is 0 Å². The Balaban J connectivity index is 1.57. The van der Waals surface area contributed by atoms with E-state index in [9.17, 15) is 26.4 Å². The molecule has 0 radical (unpaired) electrons. The van der Waals surface area contributed by atoms with Gasteiger partial charge in [0.25, 0.3) is 5.91 Å². The number of thiazole rings is 1. The Hall–Kier alpha value is -3.71. The Kier molecular flexibility index (Phi) is 7.44. The summed E-state index contributed by atoms with van der Waals surface area (Å²) >= 11 is 1.31. The summed E-state index contributed by atoms with van der Waals surface area (Å²) in [7, 11) is -9.48. The first kappa shape index (κ1) is 27.8. The van der Waals surface area contributed by atoms with Crippen molar-refractivity contribution in [3.8, 4) is 0 Å². The van der Waals surface area contributed by atoms with Crippen LogP contribution in [0.2, 0.25) is 0 Å². The number of hydrogen-bond donors (Lipinski definition) is 1. The van der Waals surface area contributed by atoms with Gasteiger partial charge in [-0.25, -0.2) is 4.98 Å². The lowest BCUT2D eigenvalue weighted by molar-refractivity contribution is -0.0496. The third-order valence-electron chi connectivity index (χ3n) is 5.84. The summed E-state index contributed by atoms with van der Waals surface area (Å²) < 4.78 is 71.9. The number of nitrogens with one attached hydrogen (secondary N) is 1. The van der Waals surface area contributed by atoms with Gasteiger partial charge < -0.3 is 0 Å². The molecule has 0 bridgehead atoms. The molecule has 206 valence electrons. The zero-order valence-electron chi connectivity index (χ0n) is 20.8. The molecule has 4 aromatic carbocycles. The molecule has 1 heterocycles. The van der Waals surface area contributed by atoms with Gasteiger partial charge in [0, 0.05) is 20.2 Å². The minimum Gasteiger partial charge on any atom is -0.298 e. The summed E-state index contributed by atoms with van der Waals surface area (Å²) in [4.78, 5) is 18.0. The quantitative estimate of drug-likeness (QED) is 0.191. The highest BCUT2D eigenvalue weighted by Crippen LogP contribution is 2.70. The maximum atomic E-state index is 13.6. The van der Waals surface area contributed by atoms with Crippen molar-refractivity contribution in [3.05, 3.63) is 114 Å². The molecule has 40 heavy (non-hydrogen) atoms. The molecule has 0 unspecified atom stereocenters. The lowest BCUT2D eigenvalue weighted by Crippen LogP contribution is -2.27. The van der Waals surface area contributed by atoms with Gasteiger partial charge in [-0.05, 0) is 83.5 Å². The van der Waals surface area contributed by atoms with E-state index in [4.69, 9.17) is 3.63 Å². The predicted octanol–water partition coefficient (Wildman–Crippen LogP) is 7.92. The van der Waals surface area contributed by atoms with Gasteiger partial charge in [-0.1, -0.05) is 53.8 Å². The number of benzene rings is 4. The van der Waals surface area contributed by atoms with Crippen LogP contribution < -0.4 is 5.32 Å². The van der Waals surface area contributed by atoms with Crippen molar-refractivity contribution in [2.24, 2.45) is 0 Å². The van der Waals surface area contributed by atoms with E-state index in [1.54, 1.807) is 36.4 Å². The van der Waals surface area contributed by atoms with E-state index in [-0.39, 0.29) is 20.2 Å². The fourth-order valence-corrected chi connectivity index (χ4v) is 9.68. The zero-order chi connectivity index (χ0) is 28.5. The maximum Gasteiger partial charge on any atom is 0.524 e. The van der Waals surface area contributed by atoms with E-state index < -0.39 is 31.8 Å². The molecule has 6 nitrogen and oxygen atoms in total. The summed E-state index contributed by atoms with van der Waals surface area (Å²) in [5.41, 5.74) is -3.65. The smallest absolute Gasteiger partial charge is 0.298 e. The Morgan fingerprint density at radius 2 is 1.38 bits per heavy atom. The van der Waals surface area contributed by atoms with Gasteiger partial charge in [0.1, 0.15) is 0 Å². The fourth-order valence-electron chi connectivity index (χ4n) is 3.98. The molecule has 1 N–H and O–H groups in total. The molecule has 0 aliphatic carbocycles. The van der Waals surface area contributed by atoms with E-state index in [1.165, 1.54) is 59.9 Å². The highest BCUT2D eigenvalue weighted by Gasteiger charge is 2.52. The summed E-state index contributed by atoms with van der Waals surface area (Å²) in [5.74, 6) is -0.480. The van der Waals surface area contributed by atoms with E-state index in [2.05, 4.69) is 10.3 Å². The minimum atomic E-state index is -6.03. The number of aryl methyl sites for hydroxylation is 1. The van der Waals surface area contributed by atoms with Crippen molar-refractivity contribution in [2.75, 3.05) is 5.32 Å². The minimum absolute atomic E-state index is 0.157. The van der Waals surface area contributed by atoms with Crippen molar-refractivity contribution >= 4 is 53.0 Å². The molecule has 5 aromatic rings. The van der Waals surface area contributed by atoms with E-state index in [0.717, 1.165) is 15.8 Å². The first-order valence-corrected chi connectivity index (χ1v) is 15.5. The van der Waals surface area contributed by atoms with Crippen molar-refractivity contribution in [1.82, 2.24) is 4.98 Å². The third kappa shape index (κ3) is 5.35. The summed E-state index contributed by atoms with van der Waals surface area (Å²) in [6.07, 6.45) is 0. The molecule has 0 aliphatic rings. The van der Waals surface area contributed by atoms with E-state index in [0.29, 0.717) is 5.13 Å². The molecule has 5 rings (SSSR count). The second kappa shape index (κ2) is 10.7. The Bertz CT molecular complexity index is 1740. The van der Waals surface area contributed by atoms with Crippen LogP contribution in [0.1, 0.15) is 15.9 Å². The molecule has 0 fully saturated rings. The van der Waals surface area contributed by atoms with Crippen molar-refractivity contribution in [2.45, 2.75) is 27.1 Å². The Labute approximate surface area is 234 Å². The molecule has 1 aromatic heterocycles. The standard InChI is InChI=1S/C28H21F3N2O4S3/c1-19-12-17-24-25(18-19)38-27(32-24)33-26(34)20-13-15-23(16-14-20)39(21-8-4-2-5-9-21,22-10-6-3-7-11-22)37-40(35,36)28(29,30)31/h2-18H,1H3,(H,32,33,34). The van der Waals surface area contributed by atoms with E-state index in [1.807, 2.05) is 25.1 Å². The molecule has 0 saturated carbocycles. The number of carbonyl (C=O) groups is 1. The third-order valence-corrected chi connectivity index (χ3v) is 11.7. The summed E-state index contributed by atoms with van der Waals surface area (Å²) in [6.45, 7) is 1.95. The average Bonchev–Trinajstić information content (AvgIpc) is 3.33. The molecule has 0 spiro atoms. The number of nitrogens with zero attached hydrogens (tertiary/aromatic N) is 1. The van der Waals surface area contributed by atoms with Crippen LogP contribution in [0.15, 0.2) is 118 Å². The van der Waals surface area contributed by atoms with Crippen LogP contribution in [-0.4, -0.2) is 24.8 Å². The van der Waals surface area contributed by atoms with Crippen LogP contribution in [0.3, 0.4) is 0 Å². The van der Waals surface area contributed by atoms with Crippen molar-refractivity contribution in [3.63, 3.8) is 0 Å². The molecule has 0 atom stereocenters. The summed E-state index contributed by atoms with van der Waals surface area (Å²) in [5, 5.41) is 3.14. The molecule has 0 saturated heterocycles. The monoisotopic (exact) mass is 602 g/mol. The first-order valence-electron chi connectivity index (χ1n) is 11.7. The van der Waals surface area contributed by atoms with Crippen LogP contribution in [-0.2, 0) is 13.7 Å². The Morgan fingerprint density at radius 3 is 1.93 bits per heavy atom. The summed E-state index contributed by atoms with van der Waals surface area (Å²) in [6, 6.07) is 27.1. The van der Waals surface area contributed by atoms with Gasteiger partial charge in [0.05, 0.1) is 10.2 Å². The molecule has 1 amide bonds. The van der Waals surface area contributed by atoms with Gasteiger partial charge in [0.2, 0.25) is 0 Å². The Morgan fingerprint density at radius 1 is 0.825 bits per heavy atom. The van der Waals surface area contributed by atoms with Crippen molar-refractivity contribution < 1.29 is 30.0 Å². The number of halogens is 3. The number of carbonyl (C=O) groups excluding carboxylic acids is 1. The lowest BCUT2D eigenvalue weighted by atomic mass is 10.2. The number of amides is 1. The van der Waals surface area contributed by atoms with Crippen LogP contribution in [0.4, 0.5) is 18.3 Å². The van der Waals surface area contributed by atoms with Gasteiger partial charge in [-0.15, -0.1) is 0 Å². The number of rotatable bonds is 7. The van der Waals surface area contributed by atoms with Gasteiger partial charge in [-0.2, -0.15) is 25.2 Å². The van der Waals surface area contributed by atoms with Gasteiger partial charge in [0.15, 0.2) is 5.13 Å². The van der Waals surface area contributed by atoms with Crippen LogP contribution in [0.25, 0.3) is 10.2 Å². The highest BCUT2D eigenvalue weighted by molar-refractivity contribution is 8.33. The molecule has 12 heteroatoms. The average molecular weight is 603 g/mol. The number of aromatic nitrogens is 1. The van der Waals surface area contributed by atoms with E-state index >= 15 is 0 Å². The van der Waals surface area contributed by atoms with Gasteiger partial charge in [-0.3, -0.25) is 10.1 Å². The number of hydrogen-bond acceptors (Lipinski definition) is 6. The first-order chi connectivity index (χ1) is 19.0. The fraction of sp³-hybridized carbons (Fsp3) is 0.0714. The number of anilines is 1. The second-order valence-corrected chi connectivity index (χ2v) is 14.1. The molecular formula is C28H21F3N2O4S3. The second-order valence-electron chi connectivity index (χ2n) is 8.62. The van der Waals surface area contributed by atoms with Crippen LogP contribution >= 0.6 is 21.6 Å². The zero-order valence-corrected chi connectivity index (χ0v) is 23.2. The maximum absolute atomic E-state index is 13.6.